The lowest BCUT2D eigenvalue weighted by atomic mass is 9.98. The molecule has 0 aromatic heterocycles. The predicted molar refractivity (Wildman–Crippen MR) is 90.0 cm³/mol. The van der Waals surface area contributed by atoms with E-state index in [-0.39, 0.29) is 17.1 Å². The van der Waals surface area contributed by atoms with E-state index in [9.17, 15) is 4.79 Å². The summed E-state index contributed by atoms with van der Waals surface area (Å²) in [6.07, 6.45) is 1.23. The number of rotatable bonds is 6. The fourth-order valence-corrected chi connectivity index (χ4v) is 2.74. The summed E-state index contributed by atoms with van der Waals surface area (Å²) in [6.45, 7) is 3.94. The van der Waals surface area contributed by atoms with E-state index in [1.807, 2.05) is 50.2 Å². The molecule has 5 nitrogen and oxygen atoms in total. The molecule has 2 aromatic carbocycles. The largest absolute Gasteiger partial charge is 0.294 e. The molecule has 5 heteroatoms. The number of carbonyl (C=O) groups is 1. The Kier molecular flexibility index (Phi) is 3.20. The molecule has 0 fully saturated rings. The van der Waals surface area contributed by atoms with Crippen molar-refractivity contribution in [2.75, 3.05) is 0 Å². The number of ketones is 1. The van der Waals surface area contributed by atoms with E-state index in [1.54, 1.807) is 0 Å². The van der Waals surface area contributed by atoms with E-state index < -0.39 is 0 Å². The van der Waals surface area contributed by atoms with Gasteiger partial charge in [0, 0.05) is 23.1 Å². The highest BCUT2D eigenvalue weighted by atomic mass is 16.1. The Balaban J connectivity index is 1.36. The van der Waals surface area contributed by atoms with E-state index >= 15 is 0 Å². The Morgan fingerprint density at radius 2 is 1.25 bits per heavy atom. The summed E-state index contributed by atoms with van der Waals surface area (Å²) in [6, 6.07) is 15.8. The van der Waals surface area contributed by atoms with E-state index in [4.69, 9.17) is 0 Å². The predicted octanol–water partition coefficient (Wildman–Crippen LogP) is 4.78. The fourth-order valence-electron chi connectivity index (χ4n) is 2.74. The average molecular weight is 318 g/mol. The van der Waals surface area contributed by atoms with Crippen molar-refractivity contribution in [2.45, 2.75) is 38.0 Å². The smallest absolute Gasteiger partial charge is 0.213 e. The van der Waals surface area contributed by atoms with Crippen LogP contribution in [-0.4, -0.2) is 5.78 Å². The molecule has 0 spiro atoms. The number of benzene rings is 2. The number of nitrogens with zero attached hydrogens (tertiary/aromatic N) is 4. The van der Waals surface area contributed by atoms with Gasteiger partial charge in [0.1, 0.15) is 0 Å². The van der Waals surface area contributed by atoms with Crippen LogP contribution in [0.15, 0.2) is 69.0 Å². The maximum absolute atomic E-state index is 12.4. The summed E-state index contributed by atoms with van der Waals surface area (Å²) in [4.78, 5) is 12.4. The maximum atomic E-state index is 12.4. The fraction of sp³-hybridized carbons (Fsp3) is 0.316. The first-order valence-electron chi connectivity index (χ1n) is 8.10. The van der Waals surface area contributed by atoms with Crippen LogP contribution >= 0.6 is 0 Å². The number of hydrogen-bond acceptors (Lipinski definition) is 5. The Bertz CT molecular complexity index is 838. The average Bonchev–Trinajstić information content (AvgIpc) is 3.53. The lowest BCUT2D eigenvalue weighted by molar-refractivity contribution is 0.0983. The number of carbonyl (C=O) groups excluding carboxylic acids is 1. The molecule has 0 saturated carbocycles. The minimum atomic E-state index is -0.389. The zero-order valence-corrected chi connectivity index (χ0v) is 13.7. The number of Topliss-reactive ketones (excluding diaryl/α,β-unsaturated/α-hetero) is 1. The molecule has 2 aliphatic heterocycles. The highest BCUT2D eigenvalue weighted by molar-refractivity contribution is 5.96. The molecule has 24 heavy (non-hydrogen) atoms. The SMILES string of the molecule is CC1(c2ccc(CCC(=O)c3ccc(C4(C)N=N4)cc3)cc2)N=N1. The van der Waals surface area contributed by atoms with Gasteiger partial charge in [-0.15, -0.1) is 0 Å². The van der Waals surface area contributed by atoms with Crippen molar-refractivity contribution in [3.8, 4) is 0 Å². The molecule has 0 unspecified atom stereocenters. The minimum absolute atomic E-state index is 0.152. The maximum Gasteiger partial charge on any atom is 0.213 e. The van der Waals surface area contributed by atoms with Crippen LogP contribution in [0.25, 0.3) is 0 Å². The third-order valence-electron chi connectivity index (χ3n) is 4.70. The minimum Gasteiger partial charge on any atom is -0.294 e. The van der Waals surface area contributed by atoms with Gasteiger partial charge in [0.25, 0.3) is 0 Å². The summed E-state index contributed by atoms with van der Waals surface area (Å²) < 4.78 is 0. The van der Waals surface area contributed by atoms with Crippen LogP contribution < -0.4 is 0 Å². The van der Waals surface area contributed by atoms with E-state index in [1.165, 1.54) is 0 Å². The molecule has 0 radical (unpaired) electrons. The Morgan fingerprint density at radius 3 is 1.71 bits per heavy atom. The summed E-state index contributed by atoms with van der Waals surface area (Å²) in [5.41, 5.74) is 3.28. The second-order valence-corrected chi connectivity index (χ2v) is 6.64. The van der Waals surface area contributed by atoms with Crippen molar-refractivity contribution in [1.29, 1.82) is 0 Å². The van der Waals surface area contributed by atoms with Gasteiger partial charge in [-0.25, -0.2) is 0 Å². The first-order chi connectivity index (χ1) is 11.5. The molecule has 0 atom stereocenters. The van der Waals surface area contributed by atoms with Gasteiger partial charge >= 0.3 is 0 Å². The van der Waals surface area contributed by atoms with Crippen LogP contribution in [0.3, 0.4) is 0 Å². The van der Waals surface area contributed by atoms with Crippen molar-refractivity contribution in [3.05, 3.63) is 70.8 Å². The van der Waals surface area contributed by atoms with Crippen molar-refractivity contribution in [3.63, 3.8) is 0 Å². The van der Waals surface area contributed by atoms with Gasteiger partial charge in [-0.2, -0.15) is 20.5 Å². The molecule has 0 saturated heterocycles. The zero-order valence-electron chi connectivity index (χ0n) is 13.7. The Labute approximate surface area is 140 Å². The van der Waals surface area contributed by atoms with Gasteiger partial charge in [0.05, 0.1) is 0 Å². The molecule has 0 aliphatic carbocycles. The summed E-state index contributed by atoms with van der Waals surface area (Å²) in [5, 5.41) is 16.1. The highest BCUT2D eigenvalue weighted by Gasteiger charge is 2.36. The molecule has 2 aliphatic rings. The van der Waals surface area contributed by atoms with Crippen LogP contribution in [-0.2, 0) is 17.7 Å². The molecule has 2 aromatic rings. The van der Waals surface area contributed by atoms with Crippen molar-refractivity contribution in [2.24, 2.45) is 20.5 Å². The molecule has 2 heterocycles. The molecule has 0 N–H and O–H groups in total. The first-order valence-corrected chi connectivity index (χ1v) is 8.10. The molecule has 0 bridgehead atoms. The Hall–Kier alpha value is -2.69. The molecule has 4 rings (SSSR count). The van der Waals surface area contributed by atoms with Crippen molar-refractivity contribution >= 4 is 5.78 Å². The quantitative estimate of drug-likeness (QED) is 0.707. The van der Waals surface area contributed by atoms with Gasteiger partial charge in [-0.3, -0.25) is 4.79 Å². The lowest BCUT2D eigenvalue weighted by Crippen LogP contribution is -2.05. The van der Waals surface area contributed by atoms with Gasteiger partial charge in [0.2, 0.25) is 11.3 Å². The van der Waals surface area contributed by atoms with E-state index in [0.29, 0.717) is 6.42 Å². The summed E-state index contributed by atoms with van der Waals surface area (Å²) in [7, 11) is 0. The monoisotopic (exact) mass is 318 g/mol. The standard InChI is InChI=1S/C19H18N4O/c1-18(20-21-18)15-8-3-13(4-9-15)5-12-17(24)14-6-10-16(11-7-14)19(2)22-23-19/h3-4,6-11H,5,12H2,1-2H3. The number of aryl methyl sites for hydroxylation is 1. The van der Waals surface area contributed by atoms with E-state index in [0.717, 1.165) is 28.7 Å². The van der Waals surface area contributed by atoms with Crippen LogP contribution in [0.2, 0.25) is 0 Å². The Morgan fingerprint density at radius 1 is 0.792 bits per heavy atom. The molecule has 120 valence electrons. The molecule has 0 amide bonds. The first kappa shape index (κ1) is 14.9. The number of hydrogen-bond donors (Lipinski definition) is 0. The van der Waals surface area contributed by atoms with Gasteiger partial charge in [-0.1, -0.05) is 48.5 Å². The van der Waals surface area contributed by atoms with Gasteiger partial charge < -0.3 is 0 Å². The molecular formula is C19H18N4O. The second-order valence-electron chi connectivity index (χ2n) is 6.64. The van der Waals surface area contributed by atoms with Crippen LogP contribution in [0.5, 0.6) is 0 Å². The molecular weight excluding hydrogens is 300 g/mol. The third-order valence-corrected chi connectivity index (χ3v) is 4.70. The van der Waals surface area contributed by atoms with Crippen LogP contribution in [0.1, 0.15) is 47.3 Å². The zero-order chi connectivity index (χ0) is 16.8. The van der Waals surface area contributed by atoms with Gasteiger partial charge in [-0.05, 0) is 25.8 Å². The van der Waals surface area contributed by atoms with Crippen LogP contribution in [0.4, 0.5) is 0 Å². The summed E-state index contributed by atoms with van der Waals surface area (Å²) >= 11 is 0. The second kappa shape index (κ2) is 5.16. The summed E-state index contributed by atoms with van der Waals surface area (Å²) in [5.74, 6) is 0.152. The third kappa shape index (κ3) is 2.77. The van der Waals surface area contributed by atoms with E-state index in [2.05, 4.69) is 32.6 Å². The van der Waals surface area contributed by atoms with Crippen molar-refractivity contribution in [1.82, 2.24) is 0 Å². The topological polar surface area (TPSA) is 66.5 Å². The normalized spacial score (nSPS) is 18.4. The van der Waals surface area contributed by atoms with Gasteiger partial charge in [0.15, 0.2) is 5.78 Å². The van der Waals surface area contributed by atoms with Crippen LogP contribution in [0, 0.1) is 0 Å². The lowest BCUT2D eigenvalue weighted by Gasteiger charge is -2.07. The van der Waals surface area contributed by atoms with Crippen molar-refractivity contribution < 1.29 is 4.79 Å². The highest BCUT2D eigenvalue weighted by Crippen LogP contribution is 2.39.